The highest BCUT2D eigenvalue weighted by Crippen LogP contribution is 2.31. The fourth-order valence-corrected chi connectivity index (χ4v) is 5.18. The van der Waals surface area contributed by atoms with Crippen LogP contribution in [0.5, 0.6) is 5.75 Å². The lowest BCUT2D eigenvalue weighted by molar-refractivity contribution is -0.763. The van der Waals surface area contributed by atoms with Crippen molar-refractivity contribution < 1.29 is 34.1 Å². The number of hydrogen-bond acceptors (Lipinski definition) is 11. The maximum Gasteiger partial charge on any atom is 0.515 e. The third-order valence-electron chi connectivity index (χ3n) is 7.25. The molecule has 48 heavy (non-hydrogen) atoms. The fourth-order valence-electron chi connectivity index (χ4n) is 4.90. The number of aromatic carboxylic acids is 1. The van der Waals surface area contributed by atoms with Gasteiger partial charge in [-0.05, 0) is 41.3 Å². The molecule has 0 bridgehead atoms. The zero-order valence-electron chi connectivity index (χ0n) is 25.9. The van der Waals surface area contributed by atoms with E-state index in [1.807, 2.05) is 48.5 Å². The Labute approximate surface area is 278 Å². The Kier molecular flexibility index (Phi) is 10.6. The molecular weight excluding hydrogens is 646 g/mol. The molecule has 2 heterocycles. The number of nitrogens with zero attached hydrogens (tertiary/aromatic N) is 7. The second-order valence-corrected chi connectivity index (χ2v) is 10.9. The Hall–Kier alpha value is -5.83. The minimum Gasteiger partial charge on any atom is -0.476 e. The number of para-hydroxylation sites is 1. The molecule has 0 saturated heterocycles. The van der Waals surface area contributed by atoms with Crippen LogP contribution in [-0.4, -0.2) is 52.1 Å². The molecule has 2 aromatic heterocycles. The summed E-state index contributed by atoms with van der Waals surface area (Å²) in [5.74, 6) is -0.192. The van der Waals surface area contributed by atoms with Crippen LogP contribution in [0.2, 0.25) is 5.15 Å². The van der Waals surface area contributed by atoms with E-state index in [0.29, 0.717) is 17.8 Å². The van der Waals surface area contributed by atoms with Crippen molar-refractivity contribution in [3.63, 3.8) is 0 Å². The van der Waals surface area contributed by atoms with E-state index in [4.69, 9.17) is 21.1 Å². The number of rotatable bonds is 14. The molecular formula is C32H30ClN7O8. The Morgan fingerprint density at radius 3 is 2.46 bits per heavy atom. The molecule has 0 amide bonds. The average molecular weight is 676 g/mol. The van der Waals surface area contributed by atoms with Crippen LogP contribution in [0.25, 0.3) is 22.5 Å². The van der Waals surface area contributed by atoms with Gasteiger partial charge in [0.2, 0.25) is 12.1 Å². The SMILES string of the molecule is CCCCc1nc(Cl)c(C(=O)O)n1Cc1ccc(-c2ccccc2-c2nnn(C(C)OC(=O)Oc3ccccc3CO[N+](=O)[O-])n2)cc1. The molecule has 1 N–H and O–H groups in total. The zero-order chi connectivity index (χ0) is 34.2. The van der Waals surface area contributed by atoms with Gasteiger partial charge in [0, 0.05) is 24.1 Å². The minimum absolute atomic E-state index is 0.0260. The third-order valence-corrected chi connectivity index (χ3v) is 7.51. The van der Waals surface area contributed by atoms with Crippen molar-refractivity contribution in [1.82, 2.24) is 29.8 Å². The third kappa shape index (κ3) is 7.93. The number of carboxylic acids is 1. The smallest absolute Gasteiger partial charge is 0.476 e. The molecule has 1 unspecified atom stereocenters. The van der Waals surface area contributed by atoms with Crippen LogP contribution in [0.3, 0.4) is 0 Å². The number of benzene rings is 3. The number of halogens is 1. The molecule has 5 aromatic rings. The van der Waals surface area contributed by atoms with Crippen LogP contribution in [0.4, 0.5) is 4.79 Å². The first kappa shape index (κ1) is 33.5. The lowest BCUT2D eigenvalue weighted by Crippen LogP contribution is -2.20. The average Bonchev–Trinajstić information content (AvgIpc) is 3.68. The van der Waals surface area contributed by atoms with Gasteiger partial charge in [0.25, 0.3) is 5.09 Å². The van der Waals surface area contributed by atoms with Crippen LogP contribution in [-0.2, 0) is 29.1 Å². The van der Waals surface area contributed by atoms with Gasteiger partial charge in [0.1, 0.15) is 18.2 Å². The molecule has 248 valence electrons. The predicted octanol–water partition coefficient (Wildman–Crippen LogP) is 6.39. The number of unbranched alkanes of at least 4 members (excludes halogenated alkanes) is 1. The largest absolute Gasteiger partial charge is 0.515 e. The van der Waals surface area contributed by atoms with E-state index in [0.717, 1.165) is 34.3 Å². The van der Waals surface area contributed by atoms with Gasteiger partial charge in [0.15, 0.2) is 10.8 Å². The Balaban J connectivity index is 1.30. The van der Waals surface area contributed by atoms with Crippen molar-refractivity contribution >= 4 is 23.7 Å². The van der Waals surface area contributed by atoms with Crippen molar-refractivity contribution in [2.24, 2.45) is 0 Å². The second-order valence-electron chi connectivity index (χ2n) is 10.5. The molecule has 0 aliphatic rings. The summed E-state index contributed by atoms with van der Waals surface area (Å²) in [6.07, 6.45) is 0.308. The number of aryl methyl sites for hydroxylation is 1. The number of ether oxygens (including phenoxy) is 2. The minimum atomic E-state index is -1.14. The Morgan fingerprint density at radius 1 is 1.04 bits per heavy atom. The first-order valence-corrected chi connectivity index (χ1v) is 15.2. The predicted molar refractivity (Wildman–Crippen MR) is 171 cm³/mol. The molecule has 5 rings (SSSR count). The van der Waals surface area contributed by atoms with E-state index >= 15 is 0 Å². The van der Waals surface area contributed by atoms with E-state index in [1.165, 1.54) is 19.1 Å². The summed E-state index contributed by atoms with van der Waals surface area (Å²) in [6.45, 7) is 3.45. The summed E-state index contributed by atoms with van der Waals surface area (Å²) in [5, 5.41) is 32.0. The van der Waals surface area contributed by atoms with Crippen LogP contribution in [0.15, 0.2) is 72.8 Å². The normalized spacial score (nSPS) is 11.6. The maximum atomic E-state index is 12.5. The molecule has 0 aliphatic heterocycles. The molecule has 0 fully saturated rings. The van der Waals surface area contributed by atoms with E-state index in [2.05, 4.69) is 32.2 Å². The highest BCUT2D eigenvalue weighted by Gasteiger charge is 2.22. The van der Waals surface area contributed by atoms with Crippen molar-refractivity contribution in [3.8, 4) is 28.3 Å². The molecule has 0 aliphatic carbocycles. The first-order valence-electron chi connectivity index (χ1n) is 14.8. The first-order chi connectivity index (χ1) is 23.1. The van der Waals surface area contributed by atoms with Gasteiger partial charge >= 0.3 is 12.1 Å². The molecule has 15 nitrogen and oxygen atoms in total. The summed E-state index contributed by atoms with van der Waals surface area (Å²) >= 11 is 6.19. The van der Waals surface area contributed by atoms with Crippen molar-refractivity contribution in [3.05, 3.63) is 111 Å². The summed E-state index contributed by atoms with van der Waals surface area (Å²) < 4.78 is 12.2. The van der Waals surface area contributed by atoms with E-state index in [1.54, 1.807) is 16.7 Å². The maximum absolute atomic E-state index is 12.5. The van der Waals surface area contributed by atoms with Crippen molar-refractivity contribution in [1.29, 1.82) is 0 Å². The zero-order valence-corrected chi connectivity index (χ0v) is 26.6. The lowest BCUT2D eigenvalue weighted by Gasteiger charge is -2.13. The van der Waals surface area contributed by atoms with E-state index in [-0.39, 0.29) is 34.5 Å². The Bertz CT molecular complexity index is 1930. The number of hydrogen-bond donors (Lipinski definition) is 1. The summed E-state index contributed by atoms with van der Waals surface area (Å²) in [6, 6.07) is 21.3. The molecule has 3 aromatic carbocycles. The van der Waals surface area contributed by atoms with Gasteiger partial charge in [-0.25, -0.2) is 14.6 Å². The van der Waals surface area contributed by atoms with Gasteiger partial charge in [-0.3, -0.25) is 0 Å². The Morgan fingerprint density at radius 2 is 1.75 bits per heavy atom. The van der Waals surface area contributed by atoms with Crippen molar-refractivity contribution in [2.75, 3.05) is 0 Å². The standard InChI is InChI=1S/C32H30ClN7O8/c1-3-4-13-27-34-29(33)28(31(41)42)38(27)18-21-14-16-22(17-15-21)24-10-6-7-11-25(24)30-35-37-39(36-30)20(2)47-32(43)48-26-12-8-5-9-23(26)19-46-40(44)45/h5-12,14-17,20H,3-4,13,18-19H2,1-2H3,(H,41,42). The van der Waals surface area contributed by atoms with Crippen molar-refractivity contribution in [2.45, 2.75) is 52.5 Å². The van der Waals surface area contributed by atoms with E-state index < -0.39 is 30.0 Å². The number of carbonyl (C=O) groups excluding carboxylic acids is 1. The summed E-state index contributed by atoms with van der Waals surface area (Å²) in [5.41, 5.74) is 3.43. The second kappa shape index (κ2) is 15.2. The number of aromatic nitrogens is 6. The van der Waals surface area contributed by atoms with Gasteiger partial charge in [-0.15, -0.1) is 25.1 Å². The van der Waals surface area contributed by atoms with Crippen LogP contribution >= 0.6 is 11.6 Å². The van der Waals surface area contributed by atoms with Gasteiger partial charge in [-0.1, -0.05) is 91.7 Å². The van der Waals surface area contributed by atoms with Crippen LogP contribution < -0.4 is 4.74 Å². The quantitative estimate of drug-likeness (QED) is 0.0592. The highest BCUT2D eigenvalue weighted by atomic mass is 35.5. The fraction of sp³-hybridized carbons (Fsp3) is 0.250. The number of tetrazole rings is 1. The molecule has 0 spiro atoms. The molecule has 0 radical (unpaired) electrons. The van der Waals surface area contributed by atoms with Crippen LogP contribution in [0.1, 0.15) is 60.4 Å². The number of carbonyl (C=O) groups is 2. The molecule has 1 atom stereocenters. The monoisotopic (exact) mass is 675 g/mol. The van der Waals surface area contributed by atoms with E-state index in [9.17, 15) is 24.8 Å². The van der Waals surface area contributed by atoms with Crippen LogP contribution in [0, 0.1) is 10.1 Å². The number of imidazole rings is 1. The number of carboxylic acid groups (broad SMARTS) is 1. The van der Waals surface area contributed by atoms with Gasteiger partial charge in [0.05, 0.1) is 0 Å². The molecule has 16 heteroatoms. The topological polar surface area (TPSA) is 187 Å². The summed E-state index contributed by atoms with van der Waals surface area (Å²) in [4.78, 5) is 44.8. The lowest BCUT2D eigenvalue weighted by atomic mass is 9.98. The van der Waals surface area contributed by atoms with Gasteiger partial charge in [-0.2, -0.15) is 0 Å². The molecule has 0 saturated carbocycles. The highest BCUT2D eigenvalue weighted by molar-refractivity contribution is 6.32. The van der Waals surface area contributed by atoms with Gasteiger partial charge < -0.3 is 24.0 Å². The summed E-state index contributed by atoms with van der Waals surface area (Å²) in [7, 11) is 0.